The number of benzene rings is 2. The molecule has 0 radical (unpaired) electrons. The summed E-state index contributed by atoms with van der Waals surface area (Å²) >= 11 is 0. The lowest BCUT2D eigenvalue weighted by atomic mass is 9.95. The minimum atomic E-state index is -0.720. The van der Waals surface area contributed by atoms with E-state index in [0.29, 0.717) is 23.0 Å². The van der Waals surface area contributed by atoms with Crippen LogP contribution in [0.1, 0.15) is 21.8 Å². The molecule has 1 spiro atoms. The zero-order valence-electron chi connectivity index (χ0n) is 15.8. The maximum atomic E-state index is 13.3. The molecular formula is C23H22N2O4. The fourth-order valence-corrected chi connectivity index (χ4v) is 5.27. The van der Waals surface area contributed by atoms with E-state index < -0.39 is 11.5 Å². The number of pyridine rings is 1. The molecule has 29 heavy (non-hydrogen) atoms. The second kappa shape index (κ2) is 6.54. The number of hydrogen-bond acceptors (Lipinski definition) is 4. The first-order valence-electron chi connectivity index (χ1n) is 9.81. The van der Waals surface area contributed by atoms with Crippen molar-refractivity contribution in [2.75, 3.05) is 19.7 Å². The Morgan fingerprint density at radius 3 is 2.62 bits per heavy atom. The molecule has 2 aliphatic rings. The number of rotatable bonds is 3. The summed E-state index contributed by atoms with van der Waals surface area (Å²) in [6.45, 7) is 0.519. The topological polar surface area (TPSA) is 93.6 Å². The van der Waals surface area contributed by atoms with Crippen LogP contribution in [0.15, 0.2) is 65.5 Å². The zero-order valence-corrected chi connectivity index (χ0v) is 15.8. The lowest BCUT2D eigenvalue weighted by Crippen LogP contribution is -2.31. The van der Waals surface area contributed by atoms with Gasteiger partial charge in [-0.2, -0.15) is 0 Å². The average Bonchev–Trinajstić information content (AvgIpc) is 3.28. The molecular weight excluding hydrogens is 368 g/mol. The smallest absolute Gasteiger partial charge is 0.254 e. The lowest BCUT2D eigenvalue weighted by molar-refractivity contribution is 0.0765. The summed E-state index contributed by atoms with van der Waals surface area (Å²) in [6, 6.07) is 18.4. The number of para-hydroxylation sites is 1. The minimum Gasteiger partial charge on any atom is -0.396 e. The van der Waals surface area contributed by atoms with Crippen molar-refractivity contribution in [3.05, 3.63) is 82.1 Å². The van der Waals surface area contributed by atoms with Crippen LogP contribution in [0.3, 0.4) is 0 Å². The Labute approximate surface area is 167 Å². The van der Waals surface area contributed by atoms with E-state index in [2.05, 4.69) is 4.98 Å². The lowest BCUT2D eigenvalue weighted by Gasteiger charge is -2.18. The predicted octanol–water partition coefficient (Wildman–Crippen LogP) is 1.74. The maximum absolute atomic E-state index is 13.3. The summed E-state index contributed by atoms with van der Waals surface area (Å²) < 4.78 is 0. The molecule has 5 rings (SSSR count). The number of fused-ring (bicyclic) bond motifs is 1. The summed E-state index contributed by atoms with van der Waals surface area (Å²) in [4.78, 5) is 29.7. The van der Waals surface area contributed by atoms with E-state index in [1.54, 1.807) is 17.0 Å². The van der Waals surface area contributed by atoms with Gasteiger partial charge in [-0.25, -0.2) is 0 Å². The Hall–Kier alpha value is -2.96. The molecule has 0 unspecified atom stereocenters. The van der Waals surface area contributed by atoms with Gasteiger partial charge in [-0.1, -0.05) is 48.5 Å². The van der Waals surface area contributed by atoms with E-state index in [-0.39, 0.29) is 36.5 Å². The number of likely N-dealkylation sites (tertiary alicyclic amines) is 1. The van der Waals surface area contributed by atoms with Crippen molar-refractivity contribution >= 4 is 16.8 Å². The highest BCUT2D eigenvalue weighted by Gasteiger charge is 2.71. The zero-order chi connectivity index (χ0) is 20.2. The van der Waals surface area contributed by atoms with E-state index in [4.69, 9.17) is 0 Å². The molecule has 6 heteroatoms. The number of carbonyl (C=O) groups is 1. The van der Waals surface area contributed by atoms with Crippen LogP contribution < -0.4 is 5.56 Å². The largest absolute Gasteiger partial charge is 0.396 e. The van der Waals surface area contributed by atoms with E-state index in [9.17, 15) is 19.8 Å². The van der Waals surface area contributed by atoms with E-state index in [1.165, 1.54) is 6.07 Å². The van der Waals surface area contributed by atoms with Crippen LogP contribution in [0.25, 0.3) is 10.9 Å². The Bertz CT molecular complexity index is 1140. The number of carbonyl (C=O) groups excluding carboxylic acids is 1. The number of nitrogens with zero attached hydrogens (tertiary/aromatic N) is 1. The Kier molecular flexibility index (Phi) is 4.08. The summed E-state index contributed by atoms with van der Waals surface area (Å²) in [5, 5.41) is 21.5. The molecule has 1 saturated carbocycles. The Balaban J connectivity index is 1.49. The van der Waals surface area contributed by atoms with Crippen molar-refractivity contribution in [3.63, 3.8) is 0 Å². The molecule has 148 valence electrons. The van der Waals surface area contributed by atoms with Gasteiger partial charge in [-0.05, 0) is 23.5 Å². The maximum Gasteiger partial charge on any atom is 0.254 e. The number of H-pyrrole nitrogens is 1. The van der Waals surface area contributed by atoms with Crippen molar-refractivity contribution < 1.29 is 15.0 Å². The quantitative estimate of drug-likeness (QED) is 0.635. The van der Waals surface area contributed by atoms with Crippen molar-refractivity contribution in [1.29, 1.82) is 0 Å². The molecule has 2 heterocycles. The van der Waals surface area contributed by atoms with Crippen LogP contribution in [-0.4, -0.2) is 51.8 Å². The molecule has 2 fully saturated rings. The van der Waals surface area contributed by atoms with Crippen LogP contribution in [0.2, 0.25) is 0 Å². The summed E-state index contributed by atoms with van der Waals surface area (Å²) in [5.41, 5.74) is 1.15. The number of amides is 1. The second-order valence-electron chi connectivity index (χ2n) is 8.08. The first kappa shape index (κ1) is 18.1. The molecule has 3 N–H and O–H groups in total. The van der Waals surface area contributed by atoms with Crippen molar-refractivity contribution in [2.24, 2.45) is 11.3 Å². The van der Waals surface area contributed by atoms with Crippen LogP contribution in [0.5, 0.6) is 0 Å². The van der Waals surface area contributed by atoms with Crippen LogP contribution in [0, 0.1) is 11.3 Å². The fourth-order valence-electron chi connectivity index (χ4n) is 5.27. The number of aliphatic hydroxyl groups is 2. The van der Waals surface area contributed by atoms with Crippen molar-refractivity contribution in [3.8, 4) is 0 Å². The average molecular weight is 390 g/mol. The summed E-state index contributed by atoms with van der Waals surface area (Å²) in [5.74, 6) is -0.343. The third kappa shape index (κ3) is 2.63. The van der Waals surface area contributed by atoms with Gasteiger partial charge in [0.15, 0.2) is 0 Å². The summed E-state index contributed by atoms with van der Waals surface area (Å²) in [7, 11) is 0. The van der Waals surface area contributed by atoms with Gasteiger partial charge in [0.05, 0.1) is 11.7 Å². The van der Waals surface area contributed by atoms with Crippen LogP contribution in [0.4, 0.5) is 0 Å². The number of aromatic amines is 1. The first-order valence-corrected chi connectivity index (χ1v) is 9.81. The molecule has 4 atom stereocenters. The number of hydrogen-bond donors (Lipinski definition) is 3. The van der Waals surface area contributed by atoms with E-state index in [1.807, 2.05) is 42.5 Å². The number of aromatic nitrogens is 1. The van der Waals surface area contributed by atoms with Crippen molar-refractivity contribution in [1.82, 2.24) is 9.88 Å². The van der Waals surface area contributed by atoms with Gasteiger partial charge in [-0.3, -0.25) is 9.59 Å². The highest BCUT2D eigenvalue weighted by molar-refractivity contribution is 6.06. The van der Waals surface area contributed by atoms with Gasteiger partial charge in [0.2, 0.25) is 5.56 Å². The van der Waals surface area contributed by atoms with Crippen LogP contribution >= 0.6 is 0 Å². The molecule has 1 aliphatic heterocycles. The normalized spacial score (nSPS) is 28.2. The molecule has 1 saturated heterocycles. The molecule has 0 bridgehead atoms. The number of β-amino-alcohol motifs (C(OH)–C–C–N with tert-alkyl or cyclic N) is 1. The molecule has 1 aliphatic carbocycles. The van der Waals surface area contributed by atoms with Gasteiger partial charge >= 0.3 is 0 Å². The highest BCUT2D eigenvalue weighted by atomic mass is 16.3. The minimum absolute atomic E-state index is 0.0115. The molecule has 2 aromatic carbocycles. The molecule has 3 aromatic rings. The Morgan fingerprint density at radius 2 is 1.86 bits per heavy atom. The SMILES string of the molecule is O=C(c1cc(=O)[nH]c2ccccc12)N1C[C@H](O)[C@@]2(C1)[C@H](CO)[C@H]2c1ccccc1. The second-order valence-corrected chi connectivity index (χ2v) is 8.08. The van der Waals surface area contributed by atoms with Gasteiger partial charge in [-0.15, -0.1) is 0 Å². The molecule has 1 aromatic heterocycles. The number of nitrogens with one attached hydrogen (secondary N) is 1. The van der Waals surface area contributed by atoms with Gasteiger partial charge in [0, 0.05) is 42.1 Å². The third-order valence-electron chi connectivity index (χ3n) is 6.66. The Morgan fingerprint density at radius 1 is 1.14 bits per heavy atom. The number of aliphatic hydroxyl groups excluding tert-OH is 2. The molecule has 6 nitrogen and oxygen atoms in total. The van der Waals surface area contributed by atoms with Gasteiger partial charge in [0.1, 0.15) is 0 Å². The molecule has 1 amide bonds. The van der Waals surface area contributed by atoms with E-state index in [0.717, 1.165) is 5.56 Å². The van der Waals surface area contributed by atoms with E-state index >= 15 is 0 Å². The van der Waals surface area contributed by atoms with Gasteiger partial charge in [0.25, 0.3) is 5.91 Å². The van der Waals surface area contributed by atoms with Crippen LogP contribution in [-0.2, 0) is 0 Å². The fraction of sp³-hybridized carbons (Fsp3) is 0.304. The third-order valence-corrected chi connectivity index (χ3v) is 6.66. The monoisotopic (exact) mass is 390 g/mol. The standard InChI is InChI=1S/C23H22N2O4/c26-12-17-21(14-6-2-1-3-7-14)23(17)13-25(11-19(23)27)22(29)16-10-20(28)24-18-9-5-4-8-15(16)18/h1-10,17,19,21,26-27H,11-13H2,(H,24,28)/t17-,19+,21-,23-/m1/s1. The first-order chi connectivity index (χ1) is 14.1. The van der Waals surface area contributed by atoms with Gasteiger partial charge < -0.3 is 20.1 Å². The predicted molar refractivity (Wildman–Crippen MR) is 109 cm³/mol. The highest BCUT2D eigenvalue weighted by Crippen LogP contribution is 2.68. The van der Waals surface area contributed by atoms with Crippen molar-refractivity contribution in [2.45, 2.75) is 12.0 Å². The summed E-state index contributed by atoms with van der Waals surface area (Å²) in [6.07, 6.45) is -0.720.